The molecule has 0 spiro atoms. The van der Waals surface area contributed by atoms with Crippen molar-refractivity contribution in [3.05, 3.63) is 24.3 Å². The average molecular weight is 233 g/mol. The first-order valence-electron chi connectivity index (χ1n) is 5.96. The third-order valence-corrected chi connectivity index (χ3v) is 3.27. The second-order valence-electron chi connectivity index (χ2n) is 4.69. The van der Waals surface area contributed by atoms with Gasteiger partial charge in [0, 0.05) is 17.4 Å². The highest BCUT2D eigenvalue weighted by Gasteiger charge is 2.31. The molecule has 3 N–H and O–H groups in total. The summed E-state index contributed by atoms with van der Waals surface area (Å²) in [6.07, 6.45) is 2.40. The van der Waals surface area contributed by atoms with Crippen molar-refractivity contribution < 1.29 is 4.79 Å². The van der Waals surface area contributed by atoms with Crippen molar-refractivity contribution in [1.82, 2.24) is 4.90 Å². The van der Waals surface area contributed by atoms with E-state index in [0.717, 1.165) is 5.69 Å². The Bertz CT molecular complexity index is 415. The lowest BCUT2D eigenvalue weighted by molar-refractivity contribution is -0.120. The lowest BCUT2D eigenvalue weighted by Crippen LogP contribution is -2.40. The molecule has 1 unspecified atom stereocenters. The number of hydrogen-bond acceptors (Lipinski definition) is 3. The van der Waals surface area contributed by atoms with E-state index in [-0.39, 0.29) is 11.9 Å². The standard InChI is InChI=1S/C13H19N3O/c1-9(16(2)12-6-7-12)13(17)15-11-5-3-4-10(14)8-11/h3-5,8-9,12H,6-7,14H2,1-2H3,(H,15,17). The van der Waals surface area contributed by atoms with Gasteiger partial charge in [0.1, 0.15) is 0 Å². The Morgan fingerprint density at radius 1 is 1.53 bits per heavy atom. The van der Waals surface area contributed by atoms with Gasteiger partial charge in [0.15, 0.2) is 0 Å². The molecule has 17 heavy (non-hydrogen) atoms. The normalized spacial score (nSPS) is 16.9. The van der Waals surface area contributed by atoms with Crippen LogP contribution in [0.15, 0.2) is 24.3 Å². The average Bonchev–Trinajstić information content (AvgIpc) is 3.11. The summed E-state index contributed by atoms with van der Waals surface area (Å²) in [5, 5.41) is 2.89. The highest BCUT2D eigenvalue weighted by atomic mass is 16.2. The van der Waals surface area contributed by atoms with Crippen LogP contribution in [0.4, 0.5) is 11.4 Å². The second kappa shape index (κ2) is 4.75. The zero-order valence-electron chi connectivity index (χ0n) is 10.3. The Kier molecular flexibility index (Phi) is 3.33. The molecular formula is C13H19N3O. The van der Waals surface area contributed by atoms with Crippen LogP contribution in [0.5, 0.6) is 0 Å². The molecule has 0 saturated heterocycles. The monoisotopic (exact) mass is 233 g/mol. The molecule has 1 aliphatic carbocycles. The van der Waals surface area contributed by atoms with Crippen LogP contribution in [-0.2, 0) is 4.79 Å². The van der Waals surface area contributed by atoms with Gasteiger partial charge < -0.3 is 11.1 Å². The number of carbonyl (C=O) groups excluding carboxylic acids is 1. The second-order valence-corrected chi connectivity index (χ2v) is 4.69. The van der Waals surface area contributed by atoms with Crippen molar-refractivity contribution in [1.29, 1.82) is 0 Å². The number of benzene rings is 1. The molecule has 1 atom stereocenters. The lowest BCUT2D eigenvalue weighted by atomic mass is 10.2. The molecule has 1 saturated carbocycles. The molecule has 1 aromatic carbocycles. The van der Waals surface area contributed by atoms with E-state index in [1.807, 2.05) is 26.1 Å². The van der Waals surface area contributed by atoms with Gasteiger partial charge in [-0.15, -0.1) is 0 Å². The van der Waals surface area contributed by atoms with Crippen molar-refractivity contribution in [2.24, 2.45) is 0 Å². The molecule has 4 nitrogen and oxygen atoms in total. The van der Waals surface area contributed by atoms with Gasteiger partial charge in [0.05, 0.1) is 6.04 Å². The molecule has 1 aromatic rings. The SMILES string of the molecule is CC(C(=O)Nc1cccc(N)c1)N(C)C1CC1. The molecule has 92 valence electrons. The Labute approximate surface area is 102 Å². The van der Waals surface area contributed by atoms with E-state index in [4.69, 9.17) is 5.73 Å². The summed E-state index contributed by atoms with van der Waals surface area (Å²) in [6, 6.07) is 7.72. The lowest BCUT2D eigenvalue weighted by Gasteiger charge is -2.23. The van der Waals surface area contributed by atoms with Gasteiger partial charge >= 0.3 is 0 Å². The summed E-state index contributed by atoms with van der Waals surface area (Å²) in [6.45, 7) is 1.93. The molecule has 2 rings (SSSR count). The van der Waals surface area contributed by atoms with Gasteiger partial charge in [-0.3, -0.25) is 9.69 Å². The van der Waals surface area contributed by atoms with E-state index < -0.39 is 0 Å². The van der Waals surface area contributed by atoms with Gasteiger partial charge in [-0.2, -0.15) is 0 Å². The van der Waals surface area contributed by atoms with E-state index in [2.05, 4.69) is 10.2 Å². The third-order valence-electron chi connectivity index (χ3n) is 3.27. The zero-order valence-corrected chi connectivity index (χ0v) is 10.3. The molecule has 0 aromatic heterocycles. The maximum absolute atomic E-state index is 12.0. The fraction of sp³-hybridized carbons (Fsp3) is 0.462. The fourth-order valence-corrected chi connectivity index (χ4v) is 1.85. The van der Waals surface area contributed by atoms with Gasteiger partial charge in [0.25, 0.3) is 0 Å². The van der Waals surface area contributed by atoms with E-state index in [0.29, 0.717) is 11.7 Å². The van der Waals surface area contributed by atoms with E-state index in [1.165, 1.54) is 12.8 Å². The van der Waals surface area contributed by atoms with Gasteiger partial charge in [0.2, 0.25) is 5.91 Å². The molecular weight excluding hydrogens is 214 g/mol. The number of hydrogen-bond donors (Lipinski definition) is 2. The van der Waals surface area contributed by atoms with Crippen molar-refractivity contribution in [3.63, 3.8) is 0 Å². The molecule has 0 aliphatic heterocycles. The number of carbonyl (C=O) groups is 1. The van der Waals surface area contributed by atoms with Crippen LogP contribution in [0.1, 0.15) is 19.8 Å². The number of anilines is 2. The number of likely N-dealkylation sites (N-methyl/N-ethyl adjacent to an activating group) is 1. The predicted octanol–water partition coefficient (Wildman–Crippen LogP) is 1.69. The molecule has 0 heterocycles. The van der Waals surface area contributed by atoms with E-state index >= 15 is 0 Å². The Balaban J connectivity index is 1.96. The van der Waals surface area contributed by atoms with Crippen LogP contribution >= 0.6 is 0 Å². The topological polar surface area (TPSA) is 58.4 Å². The number of nitrogens with zero attached hydrogens (tertiary/aromatic N) is 1. The van der Waals surface area contributed by atoms with Crippen LogP contribution in [0, 0.1) is 0 Å². The molecule has 1 aliphatic rings. The minimum atomic E-state index is -0.107. The first-order chi connectivity index (χ1) is 8.08. The third kappa shape index (κ3) is 2.97. The maximum atomic E-state index is 12.0. The van der Waals surface area contributed by atoms with Crippen molar-refractivity contribution in [3.8, 4) is 0 Å². The largest absolute Gasteiger partial charge is 0.399 e. The van der Waals surface area contributed by atoms with Crippen LogP contribution in [0.2, 0.25) is 0 Å². The minimum Gasteiger partial charge on any atom is -0.399 e. The van der Waals surface area contributed by atoms with Crippen LogP contribution < -0.4 is 11.1 Å². The maximum Gasteiger partial charge on any atom is 0.241 e. The summed E-state index contributed by atoms with van der Waals surface area (Å²) in [5.41, 5.74) is 7.08. The van der Waals surface area contributed by atoms with Crippen LogP contribution in [0.25, 0.3) is 0 Å². The number of nitrogen functional groups attached to an aromatic ring is 1. The van der Waals surface area contributed by atoms with E-state index in [1.54, 1.807) is 12.1 Å². The predicted molar refractivity (Wildman–Crippen MR) is 69.7 cm³/mol. The number of nitrogens with one attached hydrogen (secondary N) is 1. The summed E-state index contributed by atoms with van der Waals surface area (Å²) >= 11 is 0. The number of rotatable bonds is 4. The Morgan fingerprint density at radius 3 is 2.82 bits per heavy atom. The molecule has 0 radical (unpaired) electrons. The van der Waals surface area contributed by atoms with E-state index in [9.17, 15) is 4.79 Å². The summed E-state index contributed by atoms with van der Waals surface area (Å²) < 4.78 is 0. The molecule has 1 amide bonds. The Hall–Kier alpha value is -1.55. The first kappa shape index (κ1) is 11.9. The van der Waals surface area contributed by atoms with Gasteiger partial charge in [-0.1, -0.05) is 6.07 Å². The quantitative estimate of drug-likeness (QED) is 0.778. The summed E-state index contributed by atoms with van der Waals surface area (Å²) in [4.78, 5) is 14.1. The fourth-order valence-electron chi connectivity index (χ4n) is 1.85. The molecule has 0 bridgehead atoms. The smallest absolute Gasteiger partial charge is 0.241 e. The zero-order chi connectivity index (χ0) is 12.4. The number of nitrogens with two attached hydrogens (primary N) is 1. The summed E-state index contributed by atoms with van der Waals surface area (Å²) in [5.74, 6) is 0.0185. The highest BCUT2D eigenvalue weighted by molar-refractivity contribution is 5.94. The van der Waals surface area contributed by atoms with Gasteiger partial charge in [-0.05, 0) is 45.0 Å². The van der Waals surface area contributed by atoms with Crippen LogP contribution in [0.3, 0.4) is 0 Å². The van der Waals surface area contributed by atoms with Crippen molar-refractivity contribution in [2.75, 3.05) is 18.1 Å². The van der Waals surface area contributed by atoms with Gasteiger partial charge in [-0.25, -0.2) is 0 Å². The minimum absolute atomic E-state index is 0.0185. The number of amides is 1. The van der Waals surface area contributed by atoms with Crippen molar-refractivity contribution >= 4 is 17.3 Å². The first-order valence-corrected chi connectivity index (χ1v) is 5.96. The molecule has 4 heteroatoms. The Morgan fingerprint density at radius 2 is 2.24 bits per heavy atom. The van der Waals surface area contributed by atoms with Crippen molar-refractivity contribution in [2.45, 2.75) is 31.8 Å². The summed E-state index contributed by atoms with van der Waals surface area (Å²) in [7, 11) is 2.00. The van der Waals surface area contributed by atoms with Crippen LogP contribution in [-0.4, -0.2) is 29.9 Å². The highest BCUT2D eigenvalue weighted by Crippen LogP contribution is 2.27. The molecule has 1 fully saturated rings.